The second-order valence-electron chi connectivity index (χ2n) is 9.33. The number of rotatable bonds is 18. The monoisotopic (exact) mass is 589 g/mol. The summed E-state index contributed by atoms with van der Waals surface area (Å²) in [6.45, 7) is 0.206. The van der Waals surface area contributed by atoms with E-state index in [0.717, 1.165) is 5.56 Å². The van der Waals surface area contributed by atoms with Gasteiger partial charge in [0.05, 0.1) is 12.4 Å². The van der Waals surface area contributed by atoms with E-state index in [2.05, 4.69) is 30.9 Å². The van der Waals surface area contributed by atoms with Crippen molar-refractivity contribution in [3.05, 3.63) is 54.1 Å². The number of nitrogens with two attached hydrogens (primary N) is 3. The first kappa shape index (κ1) is 33.1. The van der Waals surface area contributed by atoms with Gasteiger partial charge in [-0.25, -0.2) is 9.78 Å². The number of aromatic nitrogens is 2. The van der Waals surface area contributed by atoms with Crippen LogP contribution in [0.25, 0.3) is 0 Å². The van der Waals surface area contributed by atoms with Crippen LogP contribution in [0.3, 0.4) is 0 Å². The molecule has 14 nitrogen and oxygen atoms in total. The Labute approximate surface area is 242 Å². The minimum atomic E-state index is -1.22. The smallest absolute Gasteiger partial charge is 0.326 e. The number of aliphatic imine (C=N–C) groups is 1. The summed E-state index contributed by atoms with van der Waals surface area (Å²) in [5.41, 5.74) is 18.1. The molecule has 11 N–H and O–H groups in total. The minimum Gasteiger partial charge on any atom is -0.480 e. The van der Waals surface area contributed by atoms with Gasteiger partial charge in [-0.05, 0) is 36.8 Å². The number of nitrogens with one attached hydrogen (secondary N) is 4. The van der Waals surface area contributed by atoms with Crippen molar-refractivity contribution in [1.29, 1.82) is 0 Å². The van der Waals surface area contributed by atoms with Crippen molar-refractivity contribution >= 4 is 41.4 Å². The predicted octanol–water partition coefficient (Wildman–Crippen LogP) is -1.13. The zero-order valence-electron chi connectivity index (χ0n) is 22.9. The lowest BCUT2D eigenvalue weighted by Gasteiger charge is -2.25. The standard InChI is InChI=1S/C26H39N9O5S/c1-41-11-9-19(23(37)34-20(25(39)40)8-5-10-31-26(28)29)33-24(38)21(12-16-6-3-2-4-7-16)35-22(36)18(27)13-17-14-30-15-32-17/h2-4,6-7,14-15,18-21H,5,8-13,27H2,1H3,(H,30,32)(H,33,38)(H,34,37)(H,35,36)(H,39,40)(H4,28,29,31). The number of guanidine groups is 1. The van der Waals surface area contributed by atoms with E-state index in [9.17, 15) is 24.3 Å². The summed E-state index contributed by atoms with van der Waals surface area (Å²) < 4.78 is 0. The van der Waals surface area contributed by atoms with Crippen LogP contribution in [0, 0.1) is 0 Å². The molecule has 0 saturated heterocycles. The molecule has 3 amide bonds. The number of imidazole rings is 1. The highest BCUT2D eigenvalue weighted by molar-refractivity contribution is 7.98. The van der Waals surface area contributed by atoms with E-state index in [1.54, 1.807) is 6.20 Å². The van der Waals surface area contributed by atoms with Crippen molar-refractivity contribution in [3.63, 3.8) is 0 Å². The molecule has 1 aromatic carbocycles. The average molecular weight is 590 g/mol. The number of hydrogen-bond acceptors (Lipinski definition) is 8. The zero-order valence-corrected chi connectivity index (χ0v) is 23.7. The van der Waals surface area contributed by atoms with Crippen LogP contribution in [0.15, 0.2) is 47.8 Å². The van der Waals surface area contributed by atoms with E-state index in [1.807, 2.05) is 36.6 Å². The number of thioether (sulfide) groups is 1. The Hall–Kier alpha value is -4.11. The number of aliphatic carboxylic acids is 1. The molecule has 0 radical (unpaired) electrons. The topological polar surface area (TPSA) is 244 Å². The summed E-state index contributed by atoms with van der Waals surface area (Å²) in [6, 6.07) is 4.84. The fourth-order valence-corrected chi connectivity index (χ4v) is 4.35. The maximum absolute atomic E-state index is 13.5. The van der Waals surface area contributed by atoms with Gasteiger partial charge in [0.25, 0.3) is 0 Å². The molecule has 2 rings (SSSR count). The molecule has 0 saturated carbocycles. The molecule has 224 valence electrons. The molecule has 0 fully saturated rings. The number of H-pyrrole nitrogens is 1. The summed E-state index contributed by atoms with van der Waals surface area (Å²) in [6.07, 6.45) is 5.86. The average Bonchev–Trinajstić information content (AvgIpc) is 3.45. The lowest BCUT2D eigenvalue weighted by atomic mass is 10.0. The highest BCUT2D eigenvalue weighted by Crippen LogP contribution is 2.08. The number of carboxylic acid groups (broad SMARTS) is 1. The molecule has 4 unspecified atom stereocenters. The number of benzene rings is 1. The maximum Gasteiger partial charge on any atom is 0.326 e. The fraction of sp³-hybridized carbons (Fsp3) is 0.462. The summed E-state index contributed by atoms with van der Waals surface area (Å²) in [7, 11) is 0. The second-order valence-corrected chi connectivity index (χ2v) is 10.3. The van der Waals surface area contributed by atoms with Gasteiger partial charge in [-0.1, -0.05) is 30.3 Å². The minimum absolute atomic E-state index is 0.0853. The van der Waals surface area contributed by atoms with Crippen LogP contribution in [0.4, 0.5) is 0 Å². The molecule has 2 aromatic rings. The van der Waals surface area contributed by atoms with E-state index >= 15 is 0 Å². The normalized spacial score (nSPS) is 13.7. The largest absolute Gasteiger partial charge is 0.480 e. The first-order chi connectivity index (χ1) is 19.6. The molecule has 4 atom stereocenters. The Bertz CT molecular complexity index is 1140. The van der Waals surface area contributed by atoms with Crippen LogP contribution in [0.5, 0.6) is 0 Å². The summed E-state index contributed by atoms with van der Waals surface area (Å²) >= 11 is 1.47. The first-order valence-corrected chi connectivity index (χ1v) is 14.4. The molecule has 1 heterocycles. The van der Waals surface area contributed by atoms with Gasteiger partial charge in [0.2, 0.25) is 17.7 Å². The van der Waals surface area contributed by atoms with Crippen molar-refractivity contribution in [3.8, 4) is 0 Å². The van der Waals surface area contributed by atoms with Crippen molar-refractivity contribution in [2.24, 2.45) is 22.2 Å². The predicted molar refractivity (Wildman–Crippen MR) is 157 cm³/mol. The number of aromatic amines is 1. The molecule has 1 aromatic heterocycles. The van der Waals surface area contributed by atoms with Gasteiger partial charge in [-0.2, -0.15) is 11.8 Å². The van der Waals surface area contributed by atoms with E-state index in [1.165, 1.54) is 18.1 Å². The third-order valence-corrected chi connectivity index (χ3v) is 6.69. The fourth-order valence-electron chi connectivity index (χ4n) is 3.87. The van der Waals surface area contributed by atoms with Crippen LogP contribution in [-0.2, 0) is 32.0 Å². The Kier molecular flexibility index (Phi) is 14.2. The van der Waals surface area contributed by atoms with Gasteiger partial charge in [-0.15, -0.1) is 0 Å². The van der Waals surface area contributed by atoms with Crippen LogP contribution >= 0.6 is 11.8 Å². The van der Waals surface area contributed by atoms with E-state index < -0.39 is 47.9 Å². The van der Waals surface area contributed by atoms with Crippen molar-refractivity contribution in [1.82, 2.24) is 25.9 Å². The quantitative estimate of drug-likeness (QED) is 0.0590. The van der Waals surface area contributed by atoms with E-state index in [4.69, 9.17) is 17.2 Å². The molecule has 0 spiro atoms. The number of nitrogens with zero attached hydrogens (tertiary/aromatic N) is 2. The van der Waals surface area contributed by atoms with Gasteiger partial charge in [-0.3, -0.25) is 19.4 Å². The van der Waals surface area contributed by atoms with Crippen molar-refractivity contribution in [2.45, 2.75) is 56.3 Å². The highest BCUT2D eigenvalue weighted by atomic mass is 32.2. The number of hydrogen-bond donors (Lipinski definition) is 8. The van der Waals surface area contributed by atoms with Gasteiger partial charge in [0.15, 0.2) is 5.96 Å². The first-order valence-electron chi connectivity index (χ1n) is 13.1. The summed E-state index contributed by atoms with van der Waals surface area (Å²) in [5.74, 6) is -2.61. The van der Waals surface area contributed by atoms with Gasteiger partial charge < -0.3 is 43.2 Å². The number of carbonyl (C=O) groups excluding carboxylic acids is 3. The Morgan fingerprint density at radius 1 is 0.976 bits per heavy atom. The van der Waals surface area contributed by atoms with Crippen molar-refractivity contribution in [2.75, 3.05) is 18.6 Å². The number of amides is 3. The molecule has 41 heavy (non-hydrogen) atoms. The molecule has 0 bridgehead atoms. The van der Waals surface area contributed by atoms with Crippen LogP contribution in [0.1, 0.15) is 30.5 Å². The lowest BCUT2D eigenvalue weighted by Crippen LogP contribution is -2.58. The van der Waals surface area contributed by atoms with Gasteiger partial charge >= 0.3 is 5.97 Å². The van der Waals surface area contributed by atoms with E-state index in [0.29, 0.717) is 17.9 Å². The third kappa shape index (κ3) is 12.3. The molecule has 0 aliphatic rings. The molecular weight excluding hydrogens is 550 g/mol. The van der Waals surface area contributed by atoms with Gasteiger partial charge in [0.1, 0.15) is 18.1 Å². The third-order valence-electron chi connectivity index (χ3n) is 6.05. The van der Waals surface area contributed by atoms with E-state index in [-0.39, 0.29) is 38.2 Å². The molecular formula is C26H39N9O5S. The number of carbonyl (C=O) groups is 4. The molecule has 0 aliphatic carbocycles. The highest BCUT2D eigenvalue weighted by Gasteiger charge is 2.30. The number of carboxylic acids is 1. The Morgan fingerprint density at radius 2 is 1.63 bits per heavy atom. The molecule has 15 heteroatoms. The van der Waals surface area contributed by atoms with Crippen LogP contribution in [0.2, 0.25) is 0 Å². The Balaban J connectivity index is 2.15. The lowest BCUT2D eigenvalue weighted by molar-refractivity contribution is -0.142. The summed E-state index contributed by atoms with van der Waals surface area (Å²) in [4.78, 5) is 61.9. The molecule has 0 aliphatic heterocycles. The Morgan fingerprint density at radius 3 is 2.24 bits per heavy atom. The second kappa shape index (κ2) is 17.6. The summed E-state index contributed by atoms with van der Waals surface area (Å²) in [5, 5.41) is 17.5. The van der Waals surface area contributed by atoms with Gasteiger partial charge in [0, 0.05) is 31.3 Å². The van der Waals surface area contributed by atoms with Crippen LogP contribution < -0.4 is 33.2 Å². The zero-order chi connectivity index (χ0) is 30.2. The van der Waals surface area contributed by atoms with Crippen molar-refractivity contribution < 1.29 is 24.3 Å². The maximum atomic E-state index is 13.5. The SMILES string of the molecule is CSCCC(NC(=O)C(Cc1ccccc1)NC(=O)C(N)Cc1cnc[nH]1)C(=O)NC(CCCN=C(N)N)C(=O)O. The van der Waals surface area contributed by atoms with Crippen LogP contribution in [-0.4, -0.2) is 87.4 Å².